The van der Waals surface area contributed by atoms with Crippen molar-refractivity contribution in [3.8, 4) is 0 Å². The van der Waals surface area contributed by atoms with Crippen molar-refractivity contribution in [2.45, 2.75) is 39.7 Å². The Labute approximate surface area is 112 Å². The Bertz CT molecular complexity index is 354. The second kappa shape index (κ2) is 6.91. The van der Waals surface area contributed by atoms with Gasteiger partial charge in [0, 0.05) is 19.2 Å². The fourth-order valence-corrected chi connectivity index (χ4v) is 2.03. The van der Waals surface area contributed by atoms with Crippen LogP contribution in [0.1, 0.15) is 31.9 Å². The van der Waals surface area contributed by atoms with Crippen LogP contribution in [0.3, 0.4) is 0 Å². The summed E-state index contributed by atoms with van der Waals surface area (Å²) in [7, 11) is 1.78. The minimum Gasteiger partial charge on any atom is -0.384 e. The molecule has 0 amide bonds. The second-order valence-electron chi connectivity index (χ2n) is 6.08. The molecule has 0 aliphatic heterocycles. The van der Waals surface area contributed by atoms with E-state index in [1.54, 1.807) is 7.11 Å². The highest BCUT2D eigenvalue weighted by Gasteiger charge is 2.15. The van der Waals surface area contributed by atoms with Gasteiger partial charge in [-0.25, -0.2) is 0 Å². The molecule has 0 spiro atoms. The molecule has 1 unspecified atom stereocenters. The predicted octanol–water partition coefficient (Wildman–Crippen LogP) is 3.19. The summed E-state index contributed by atoms with van der Waals surface area (Å²) < 4.78 is 5.34. The molecule has 2 heteroatoms. The molecule has 1 aromatic rings. The Hall–Kier alpha value is -0.860. The molecule has 1 aromatic carbocycles. The molecule has 0 saturated heterocycles. The average molecular weight is 249 g/mol. The quantitative estimate of drug-likeness (QED) is 0.836. The summed E-state index contributed by atoms with van der Waals surface area (Å²) in [4.78, 5) is 0. The second-order valence-corrected chi connectivity index (χ2v) is 6.08. The van der Waals surface area contributed by atoms with Crippen molar-refractivity contribution >= 4 is 0 Å². The molecule has 2 nitrogen and oxygen atoms in total. The summed E-state index contributed by atoms with van der Waals surface area (Å²) in [5.74, 6) is 0.523. The van der Waals surface area contributed by atoms with E-state index in [-0.39, 0.29) is 5.54 Å². The molecule has 102 valence electrons. The molecule has 0 fully saturated rings. The number of methoxy groups -OCH3 is 1. The number of benzene rings is 1. The number of hydrogen-bond donors (Lipinski definition) is 1. The lowest BCUT2D eigenvalue weighted by Gasteiger charge is -2.25. The summed E-state index contributed by atoms with van der Waals surface area (Å²) in [6, 6.07) is 8.60. The normalized spacial score (nSPS) is 13.6. The van der Waals surface area contributed by atoms with E-state index in [0.717, 1.165) is 19.6 Å². The Morgan fingerprint density at radius 3 is 2.44 bits per heavy atom. The van der Waals surface area contributed by atoms with Gasteiger partial charge in [-0.05, 0) is 51.2 Å². The highest BCUT2D eigenvalue weighted by molar-refractivity contribution is 5.26. The smallest absolute Gasteiger partial charge is 0.0505 e. The Morgan fingerprint density at radius 2 is 1.89 bits per heavy atom. The molecule has 0 aromatic heterocycles. The molecule has 18 heavy (non-hydrogen) atoms. The first-order chi connectivity index (χ1) is 8.42. The number of rotatable bonds is 6. The molecule has 0 aliphatic rings. The summed E-state index contributed by atoms with van der Waals surface area (Å²) in [5, 5.41) is 3.57. The number of aryl methyl sites for hydroxylation is 1. The Morgan fingerprint density at radius 1 is 1.22 bits per heavy atom. The maximum atomic E-state index is 5.34. The van der Waals surface area contributed by atoms with E-state index in [1.165, 1.54) is 11.1 Å². The van der Waals surface area contributed by atoms with Crippen LogP contribution < -0.4 is 5.32 Å². The van der Waals surface area contributed by atoms with E-state index in [1.807, 2.05) is 0 Å². The van der Waals surface area contributed by atoms with Crippen molar-refractivity contribution in [3.05, 3.63) is 35.4 Å². The average Bonchev–Trinajstić information content (AvgIpc) is 2.28. The van der Waals surface area contributed by atoms with Crippen molar-refractivity contribution in [2.24, 2.45) is 5.92 Å². The van der Waals surface area contributed by atoms with Crippen molar-refractivity contribution in [2.75, 3.05) is 20.3 Å². The van der Waals surface area contributed by atoms with E-state index < -0.39 is 0 Å². The van der Waals surface area contributed by atoms with Gasteiger partial charge in [0.1, 0.15) is 0 Å². The van der Waals surface area contributed by atoms with Gasteiger partial charge >= 0.3 is 0 Å². The number of nitrogens with one attached hydrogen (secondary N) is 1. The lowest BCUT2D eigenvalue weighted by Crippen LogP contribution is -2.40. The minimum atomic E-state index is 0.164. The van der Waals surface area contributed by atoms with E-state index in [9.17, 15) is 0 Å². The van der Waals surface area contributed by atoms with E-state index in [2.05, 4.69) is 57.3 Å². The van der Waals surface area contributed by atoms with Crippen LogP contribution in [-0.4, -0.2) is 25.8 Å². The standard InChI is InChI=1S/C16H27NO/c1-13-8-6-7-9-15(13)10-14(12-18-5)11-17-16(2,3)4/h6-9,14,17H,10-12H2,1-5H3. The highest BCUT2D eigenvalue weighted by atomic mass is 16.5. The maximum Gasteiger partial charge on any atom is 0.0505 e. The monoisotopic (exact) mass is 249 g/mol. The number of hydrogen-bond acceptors (Lipinski definition) is 2. The molecule has 0 aliphatic carbocycles. The van der Waals surface area contributed by atoms with Crippen LogP contribution in [0.25, 0.3) is 0 Å². The van der Waals surface area contributed by atoms with E-state index in [4.69, 9.17) is 4.74 Å². The van der Waals surface area contributed by atoms with Crippen LogP contribution in [0.15, 0.2) is 24.3 Å². The minimum absolute atomic E-state index is 0.164. The van der Waals surface area contributed by atoms with Crippen LogP contribution in [0.4, 0.5) is 0 Å². The predicted molar refractivity (Wildman–Crippen MR) is 78.0 cm³/mol. The van der Waals surface area contributed by atoms with Gasteiger partial charge in [0.05, 0.1) is 6.61 Å². The van der Waals surface area contributed by atoms with Crippen LogP contribution >= 0.6 is 0 Å². The molecular weight excluding hydrogens is 222 g/mol. The van der Waals surface area contributed by atoms with E-state index in [0.29, 0.717) is 5.92 Å². The summed E-state index contributed by atoms with van der Waals surface area (Å²) in [6.07, 6.45) is 1.07. The van der Waals surface area contributed by atoms with Gasteiger partial charge in [-0.15, -0.1) is 0 Å². The largest absolute Gasteiger partial charge is 0.384 e. The zero-order valence-electron chi connectivity index (χ0n) is 12.4. The van der Waals surface area contributed by atoms with Gasteiger partial charge < -0.3 is 10.1 Å². The zero-order chi connectivity index (χ0) is 13.6. The molecule has 0 bridgehead atoms. The highest BCUT2D eigenvalue weighted by Crippen LogP contribution is 2.14. The van der Waals surface area contributed by atoms with Gasteiger partial charge in [-0.2, -0.15) is 0 Å². The van der Waals surface area contributed by atoms with Crippen LogP contribution in [0, 0.1) is 12.8 Å². The van der Waals surface area contributed by atoms with Crippen molar-refractivity contribution in [1.82, 2.24) is 5.32 Å². The molecule has 1 rings (SSSR count). The third-order valence-corrected chi connectivity index (χ3v) is 3.09. The van der Waals surface area contributed by atoms with Crippen LogP contribution in [0.5, 0.6) is 0 Å². The van der Waals surface area contributed by atoms with Crippen LogP contribution in [-0.2, 0) is 11.2 Å². The topological polar surface area (TPSA) is 21.3 Å². The van der Waals surface area contributed by atoms with Gasteiger partial charge in [0.25, 0.3) is 0 Å². The maximum absolute atomic E-state index is 5.34. The molecule has 0 radical (unpaired) electrons. The SMILES string of the molecule is COCC(CNC(C)(C)C)Cc1ccccc1C. The Kier molecular flexibility index (Phi) is 5.83. The van der Waals surface area contributed by atoms with Gasteiger partial charge in [-0.3, -0.25) is 0 Å². The molecule has 1 atom stereocenters. The van der Waals surface area contributed by atoms with Gasteiger partial charge in [0.15, 0.2) is 0 Å². The van der Waals surface area contributed by atoms with Crippen molar-refractivity contribution in [1.29, 1.82) is 0 Å². The lowest BCUT2D eigenvalue weighted by molar-refractivity contribution is 0.146. The fraction of sp³-hybridized carbons (Fsp3) is 0.625. The first-order valence-corrected chi connectivity index (χ1v) is 6.71. The van der Waals surface area contributed by atoms with Crippen molar-refractivity contribution in [3.63, 3.8) is 0 Å². The van der Waals surface area contributed by atoms with Gasteiger partial charge in [0.2, 0.25) is 0 Å². The van der Waals surface area contributed by atoms with Gasteiger partial charge in [-0.1, -0.05) is 24.3 Å². The Balaban J connectivity index is 2.60. The third kappa shape index (κ3) is 5.65. The first-order valence-electron chi connectivity index (χ1n) is 6.71. The summed E-state index contributed by atoms with van der Waals surface area (Å²) in [6.45, 7) is 10.6. The summed E-state index contributed by atoms with van der Waals surface area (Å²) >= 11 is 0. The van der Waals surface area contributed by atoms with Crippen LogP contribution in [0.2, 0.25) is 0 Å². The molecular formula is C16H27NO. The lowest BCUT2D eigenvalue weighted by atomic mass is 9.95. The molecule has 1 N–H and O–H groups in total. The molecule has 0 heterocycles. The number of ether oxygens (including phenoxy) is 1. The molecule has 0 saturated carbocycles. The van der Waals surface area contributed by atoms with Crippen molar-refractivity contribution < 1.29 is 4.74 Å². The third-order valence-electron chi connectivity index (χ3n) is 3.09. The zero-order valence-corrected chi connectivity index (χ0v) is 12.4. The van der Waals surface area contributed by atoms with E-state index >= 15 is 0 Å². The summed E-state index contributed by atoms with van der Waals surface area (Å²) in [5.41, 5.74) is 2.96. The first kappa shape index (κ1) is 15.2. The fourth-order valence-electron chi connectivity index (χ4n) is 2.03.